The molecule has 2 heteroatoms. The van der Waals surface area contributed by atoms with Crippen LogP contribution in [-0.2, 0) is 0 Å². The molecule has 2 nitrogen and oxygen atoms in total. The van der Waals surface area contributed by atoms with Crippen molar-refractivity contribution in [1.82, 2.24) is 9.13 Å². The zero-order valence-corrected chi connectivity index (χ0v) is 21.8. The molecule has 0 aliphatic carbocycles. The molecule has 0 spiro atoms. The molecule has 0 unspecified atom stereocenters. The smallest absolute Gasteiger partial charge is 0.0541 e. The predicted molar refractivity (Wildman–Crippen MR) is 162 cm³/mol. The van der Waals surface area contributed by atoms with Crippen molar-refractivity contribution in [3.8, 4) is 11.4 Å². The van der Waals surface area contributed by atoms with E-state index < -0.39 is 0 Å². The van der Waals surface area contributed by atoms with Gasteiger partial charge in [-0.05, 0) is 75.8 Å². The lowest BCUT2D eigenvalue weighted by molar-refractivity contribution is 1.02. The third kappa shape index (κ3) is 4.05. The summed E-state index contributed by atoms with van der Waals surface area (Å²) in [6, 6.07) is 15.3. The molecule has 0 N–H and O–H groups in total. The molecule has 180 valence electrons. The van der Waals surface area contributed by atoms with Crippen LogP contribution in [-0.4, -0.2) is 9.13 Å². The molecule has 0 bridgehead atoms. The first-order chi connectivity index (χ1) is 17.5. The highest BCUT2D eigenvalue weighted by atomic mass is 15.0. The number of aromatic nitrogens is 2. The Hall–Kier alpha value is -4.30. The summed E-state index contributed by atoms with van der Waals surface area (Å²) in [4.78, 5) is 0. The van der Waals surface area contributed by atoms with Gasteiger partial charge in [0.2, 0.25) is 0 Å². The van der Waals surface area contributed by atoms with Crippen molar-refractivity contribution in [2.75, 3.05) is 0 Å². The largest absolute Gasteiger partial charge is 0.309 e. The molecule has 4 aromatic rings. The quantitative estimate of drug-likeness (QED) is 0.242. The number of nitrogens with zero attached hydrogens (tertiary/aromatic N) is 2. The van der Waals surface area contributed by atoms with Crippen LogP contribution < -0.4 is 0 Å². The summed E-state index contributed by atoms with van der Waals surface area (Å²) in [6.07, 6.45) is 18.5. The number of hydrogen-bond donors (Lipinski definition) is 0. The third-order valence-electron chi connectivity index (χ3n) is 6.42. The van der Waals surface area contributed by atoms with Crippen LogP contribution in [0.2, 0.25) is 0 Å². The lowest BCUT2D eigenvalue weighted by Crippen LogP contribution is -2.04. The number of para-hydroxylation sites is 1. The summed E-state index contributed by atoms with van der Waals surface area (Å²) in [6.45, 7) is 20.7. The molecule has 0 saturated heterocycles. The van der Waals surface area contributed by atoms with E-state index in [1.807, 2.05) is 32.1 Å². The first-order valence-electron chi connectivity index (χ1n) is 12.3. The highest BCUT2D eigenvalue weighted by molar-refractivity contribution is 5.95. The van der Waals surface area contributed by atoms with E-state index in [1.165, 1.54) is 16.5 Å². The molecule has 0 aliphatic rings. The number of rotatable bonds is 8. The van der Waals surface area contributed by atoms with Crippen LogP contribution in [0.25, 0.3) is 58.7 Å². The Morgan fingerprint density at radius 2 is 1.17 bits per heavy atom. The number of fused-ring (bicyclic) bond motifs is 1. The van der Waals surface area contributed by atoms with Crippen LogP contribution in [0.15, 0.2) is 80.4 Å². The zero-order valence-electron chi connectivity index (χ0n) is 21.8. The fourth-order valence-electron chi connectivity index (χ4n) is 5.11. The summed E-state index contributed by atoms with van der Waals surface area (Å²) < 4.78 is 4.61. The SMILES string of the molecule is C=Cc1c(C=C)c(/C=C\C)n(-c2cc(C)cc(-n3c(C=C)c(/C=C\C)c4ccccc43)c2)c1/C=C\C. The Bertz CT molecular complexity index is 1520. The van der Waals surface area contributed by atoms with Crippen molar-refractivity contribution >= 4 is 47.4 Å². The second-order valence-electron chi connectivity index (χ2n) is 8.72. The average Bonchev–Trinajstić information content (AvgIpc) is 3.36. The average molecular weight is 471 g/mol. The molecule has 0 aliphatic heterocycles. The van der Waals surface area contributed by atoms with Gasteiger partial charge in [0, 0.05) is 33.5 Å². The maximum absolute atomic E-state index is 4.17. The minimum absolute atomic E-state index is 1.08. The molecular weight excluding hydrogens is 436 g/mol. The summed E-state index contributed by atoms with van der Waals surface area (Å²) in [7, 11) is 0. The predicted octanol–water partition coefficient (Wildman–Crippen LogP) is 9.76. The van der Waals surface area contributed by atoms with E-state index in [9.17, 15) is 0 Å². The second-order valence-corrected chi connectivity index (χ2v) is 8.72. The Morgan fingerprint density at radius 1 is 0.611 bits per heavy atom. The number of allylic oxidation sites excluding steroid dienone is 3. The molecule has 2 aromatic carbocycles. The summed E-state index contributed by atoms with van der Waals surface area (Å²) in [5, 5.41) is 1.21. The number of benzene rings is 2. The fourth-order valence-corrected chi connectivity index (χ4v) is 5.11. The van der Waals surface area contributed by atoms with Crippen molar-refractivity contribution in [3.63, 3.8) is 0 Å². The molecule has 0 amide bonds. The molecule has 36 heavy (non-hydrogen) atoms. The Balaban J connectivity index is 2.12. The number of aryl methyl sites for hydroxylation is 1. The minimum atomic E-state index is 1.08. The highest BCUT2D eigenvalue weighted by Crippen LogP contribution is 2.35. The molecule has 0 atom stereocenters. The van der Waals surface area contributed by atoms with Crippen molar-refractivity contribution in [2.24, 2.45) is 0 Å². The second kappa shape index (κ2) is 10.5. The molecule has 0 fully saturated rings. The standard InChI is InChI=1S/C34H34N2/c1-8-16-29-30-19-14-15-20-34(30)35(31(29)13-6)25-21-24(7)22-26(23-25)36-32(17-9-2)27(11-4)28(12-5)33(36)18-10-3/h8-23H,4-6H2,1-3,7H3/b16-8-,17-9-,18-10-. The monoisotopic (exact) mass is 470 g/mol. The van der Waals surface area contributed by atoms with Gasteiger partial charge < -0.3 is 9.13 Å². The maximum Gasteiger partial charge on any atom is 0.0541 e. The van der Waals surface area contributed by atoms with Crippen molar-refractivity contribution in [2.45, 2.75) is 27.7 Å². The van der Waals surface area contributed by atoms with Gasteiger partial charge in [0.05, 0.1) is 22.6 Å². The van der Waals surface area contributed by atoms with Crippen LogP contribution >= 0.6 is 0 Å². The Kier molecular flexibility index (Phi) is 7.26. The van der Waals surface area contributed by atoms with Crippen molar-refractivity contribution in [1.29, 1.82) is 0 Å². The van der Waals surface area contributed by atoms with E-state index in [0.29, 0.717) is 0 Å². The molecule has 4 rings (SSSR count). The van der Waals surface area contributed by atoms with Gasteiger partial charge >= 0.3 is 0 Å². The van der Waals surface area contributed by atoms with Crippen LogP contribution in [0.4, 0.5) is 0 Å². The molecule has 0 saturated carbocycles. The molecule has 2 aromatic heterocycles. The van der Waals surface area contributed by atoms with Gasteiger partial charge in [-0.15, -0.1) is 0 Å². The van der Waals surface area contributed by atoms with Gasteiger partial charge in [-0.2, -0.15) is 0 Å². The Morgan fingerprint density at radius 3 is 1.69 bits per heavy atom. The van der Waals surface area contributed by atoms with E-state index in [-0.39, 0.29) is 0 Å². The van der Waals surface area contributed by atoms with E-state index >= 15 is 0 Å². The van der Waals surface area contributed by atoms with Crippen LogP contribution in [0.1, 0.15) is 60.1 Å². The van der Waals surface area contributed by atoms with Gasteiger partial charge in [0.1, 0.15) is 0 Å². The minimum Gasteiger partial charge on any atom is -0.309 e. The summed E-state index contributed by atoms with van der Waals surface area (Å²) >= 11 is 0. The first kappa shape index (κ1) is 24.8. The topological polar surface area (TPSA) is 9.86 Å². The molecule has 2 heterocycles. The molecular formula is C34H34N2. The number of hydrogen-bond acceptors (Lipinski definition) is 0. The van der Waals surface area contributed by atoms with E-state index in [4.69, 9.17) is 0 Å². The van der Waals surface area contributed by atoms with Gasteiger partial charge in [-0.3, -0.25) is 0 Å². The van der Waals surface area contributed by atoms with Crippen LogP contribution in [0, 0.1) is 6.92 Å². The third-order valence-corrected chi connectivity index (χ3v) is 6.42. The summed E-state index contributed by atoms with van der Waals surface area (Å²) in [5.74, 6) is 0. The van der Waals surface area contributed by atoms with Crippen molar-refractivity contribution < 1.29 is 0 Å². The Labute approximate surface area is 215 Å². The van der Waals surface area contributed by atoms with Crippen molar-refractivity contribution in [3.05, 3.63) is 120 Å². The van der Waals surface area contributed by atoms with Gasteiger partial charge in [-0.25, -0.2) is 0 Å². The summed E-state index contributed by atoms with van der Waals surface area (Å²) in [5.41, 5.74) is 11.1. The lowest BCUT2D eigenvalue weighted by Gasteiger charge is -2.16. The first-order valence-corrected chi connectivity index (χ1v) is 12.3. The van der Waals surface area contributed by atoms with Crippen LogP contribution in [0.3, 0.4) is 0 Å². The lowest BCUT2D eigenvalue weighted by atomic mass is 10.1. The van der Waals surface area contributed by atoms with Gasteiger partial charge in [-0.1, -0.05) is 74.4 Å². The zero-order chi connectivity index (χ0) is 25.8. The highest BCUT2D eigenvalue weighted by Gasteiger charge is 2.20. The maximum atomic E-state index is 4.17. The van der Waals surface area contributed by atoms with Gasteiger partial charge in [0.15, 0.2) is 0 Å². The molecule has 0 radical (unpaired) electrons. The van der Waals surface area contributed by atoms with Crippen LogP contribution in [0.5, 0.6) is 0 Å². The van der Waals surface area contributed by atoms with Gasteiger partial charge in [0.25, 0.3) is 0 Å². The van der Waals surface area contributed by atoms with E-state index in [1.54, 1.807) is 0 Å². The van der Waals surface area contributed by atoms with E-state index in [0.717, 1.165) is 45.1 Å². The normalized spacial score (nSPS) is 11.9. The van der Waals surface area contributed by atoms with E-state index in [2.05, 4.69) is 122 Å². The fraction of sp³-hybridized carbons (Fsp3) is 0.118.